The molecule has 1 aromatic heterocycles. The zero-order valence-electron chi connectivity index (χ0n) is 18.5. The van der Waals surface area contributed by atoms with Gasteiger partial charge >= 0.3 is 0 Å². The lowest BCUT2D eigenvalue weighted by molar-refractivity contribution is 0.102. The fourth-order valence-electron chi connectivity index (χ4n) is 4.27. The number of nitrogens with one attached hydrogen (secondary N) is 1. The highest BCUT2D eigenvalue weighted by molar-refractivity contribution is 6.06. The topological polar surface area (TPSA) is 48.7 Å². The second-order valence-corrected chi connectivity index (χ2v) is 8.52. The summed E-state index contributed by atoms with van der Waals surface area (Å²) in [5.74, 6) is -0.0912. The Labute approximate surface area is 188 Å². The van der Waals surface area contributed by atoms with E-state index >= 15 is 0 Å². The number of benzene rings is 3. The van der Waals surface area contributed by atoms with Crippen molar-refractivity contribution >= 4 is 28.3 Å². The molecular weight excluding hydrogens is 398 g/mol. The minimum atomic E-state index is -0.0912. The number of carbonyl (C=O) groups excluding carboxylic acids is 1. The van der Waals surface area contributed by atoms with Crippen LogP contribution >= 0.6 is 0 Å². The first-order valence-electron chi connectivity index (χ1n) is 11.0. The highest BCUT2D eigenvalue weighted by atomic mass is 16.3. The van der Waals surface area contributed by atoms with Crippen molar-refractivity contribution in [1.82, 2.24) is 4.90 Å². The van der Waals surface area contributed by atoms with E-state index in [1.165, 1.54) is 0 Å². The average molecular weight is 426 g/mol. The fourth-order valence-corrected chi connectivity index (χ4v) is 4.27. The second kappa shape index (κ2) is 8.52. The molecule has 0 bridgehead atoms. The smallest absolute Gasteiger partial charge is 0.255 e. The van der Waals surface area contributed by atoms with Crippen LogP contribution in [0.3, 0.4) is 0 Å². The number of fused-ring (bicyclic) bond motifs is 1. The van der Waals surface area contributed by atoms with Gasteiger partial charge in [0.05, 0.1) is 17.6 Å². The van der Waals surface area contributed by atoms with Gasteiger partial charge in [0.1, 0.15) is 5.58 Å². The number of amides is 1. The first kappa shape index (κ1) is 20.3. The van der Waals surface area contributed by atoms with Crippen LogP contribution in [-0.4, -0.2) is 44.0 Å². The first-order chi connectivity index (χ1) is 15.6. The Morgan fingerprint density at radius 3 is 2.50 bits per heavy atom. The van der Waals surface area contributed by atoms with E-state index in [0.29, 0.717) is 5.56 Å². The van der Waals surface area contributed by atoms with E-state index in [9.17, 15) is 4.79 Å². The summed E-state index contributed by atoms with van der Waals surface area (Å²) >= 11 is 0. The second-order valence-electron chi connectivity index (χ2n) is 8.52. The fraction of sp³-hybridized carbons (Fsp3) is 0.222. The summed E-state index contributed by atoms with van der Waals surface area (Å²) in [4.78, 5) is 17.8. The Kier molecular flexibility index (Phi) is 5.41. The Morgan fingerprint density at radius 1 is 0.906 bits per heavy atom. The van der Waals surface area contributed by atoms with Gasteiger partial charge in [-0.1, -0.05) is 29.8 Å². The number of carbonyl (C=O) groups is 1. The number of piperazine rings is 1. The lowest BCUT2D eigenvalue weighted by Crippen LogP contribution is -2.44. The molecule has 0 unspecified atom stereocenters. The Bertz CT molecular complexity index is 1270. The van der Waals surface area contributed by atoms with E-state index in [0.717, 1.165) is 65.2 Å². The molecule has 2 heterocycles. The molecule has 5 heteroatoms. The van der Waals surface area contributed by atoms with E-state index in [1.54, 1.807) is 6.26 Å². The predicted molar refractivity (Wildman–Crippen MR) is 130 cm³/mol. The molecule has 1 fully saturated rings. The number of hydrogen-bond donors (Lipinski definition) is 1. The molecule has 1 N–H and O–H groups in total. The Hall–Kier alpha value is -3.57. The molecule has 0 radical (unpaired) electrons. The molecule has 32 heavy (non-hydrogen) atoms. The van der Waals surface area contributed by atoms with Crippen molar-refractivity contribution in [2.24, 2.45) is 0 Å². The van der Waals surface area contributed by atoms with Crippen LogP contribution in [0.25, 0.3) is 22.1 Å². The third-order valence-corrected chi connectivity index (χ3v) is 6.15. The summed E-state index contributed by atoms with van der Waals surface area (Å²) in [6.45, 7) is 5.88. The third-order valence-electron chi connectivity index (χ3n) is 6.15. The van der Waals surface area contributed by atoms with Gasteiger partial charge < -0.3 is 19.5 Å². The maximum absolute atomic E-state index is 13.1. The van der Waals surface area contributed by atoms with Gasteiger partial charge in [-0.25, -0.2) is 0 Å². The SMILES string of the molecule is Cc1cccc(C(=O)Nc2cc(-c3ccc4occc4c3)ccc2N2CCN(C)CC2)c1. The van der Waals surface area contributed by atoms with Crippen LogP contribution in [0.4, 0.5) is 11.4 Å². The van der Waals surface area contributed by atoms with Gasteiger partial charge in [0, 0.05) is 37.1 Å². The van der Waals surface area contributed by atoms with Crippen molar-refractivity contribution in [1.29, 1.82) is 0 Å². The molecule has 1 saturated heterocycles. The van der Waals surface area contributed by atoms with E-state index < -0.39 is 0 Å². The average Bonchev–Trinajstić information content (AvgIpc) is 3.28. The summed E-state index contributed by atoms with van der Waals surface area (Å²) in [5.41, 5.74) is 6.66. The van der Waals surface area contributed by atoms with Gasteiger partial charge in [-0.05, 0) is 67.6 Å². The number of hydrogen-bond acceptors (Lipinski definition) is 4. The summed E-state index contributed by atoms with van der Waals surface area (Å²) in [6.07, 6.45) is 1.71. The van der Waals surface area contributed by atoms with E-state index in [1.807, 2.05) is 43.3 Å². The lowest BCUT2D eigenvalue weighted by Gasteiger charge is -2.35. The largest absolute Gasteiger partial charge is 0.464 e. The molecule has 0 spiro atoms. The van der Waals surface area contributed by atoms with Gasteiger partial charge in [-0.2, -0.15) is 0 Å². The molecule has 4 aromatic rings. The van der Waals surface area contributed by atoms with Crippen molar-refractivity contribution in [2.45, 2.75) is 6.92 Å². The monoisotopic (exact) mass is 425 g/mol. The van der Waals surface area contributed by atoms with E-state index in [4.69, 9.17) is 4.42 Å². The van der Waals surface area contributed by atoms with Gasteiger partial charge in [0.15, 0.2) is 0 Å². The third kappa shape index (κ3) is 4.12. The quantitative estimate of drug-likeness (QED) is 0.475. The molecule has 162 valence electrons. The van der Waals surface area contributed by atoms with Crippen molar-refractivity contribution in [3.8, 4) is 11.1 Å². The van der Waals surface area contributed by atoms with Gasteiger partial charge in [0.2, 0.25) is 0 Å². The zero-order valence-corrected chi connectivity index (χ0v) is 18.5. The molecule has 5 rings (SSSR count). The molecule has 3 aromatic carbocycles. The van der Waals surface area contributed by atoms with Crippen LogP contribution in [0.15, 0.2) is 77.4 Å². The zero-order chi connectivity index (χ0) is 22.1. The minimum Gasteiger partial charge on any atom is -0.464 e. The van der Waals surface area contributed by atoms with Gasteiger partial charge in [-0.3, -0.25) is 4.79 Å². The maximum Gasteiger partial charge on any atom is 0.255 e. The Balaban J connectivity index is 1.52. The molecular formula is C27H27N3O2. The molecule has 1 aliphatic heterocycles. The van der Waals surface area contributed by atoms with Crippen LogP contribution in [0.5, 0.6) is 0 Å². The number of likely N-dealkylation sites (N-methyl/N-ethyl adjacent to an activating group) is 1. The first-order valence-corrected chi connectivity index (χ1v) is 11.0. The normalized spacial score (nSPS) is 14.6. The number of nitrogens with zero attached hydrogens (tertiary/aromatic N) is 2. The molecule has 0 saturated carbocycles. The highest BCUT2D eigenvalue weighted by Crippen LogP contribution is 2.34. The summed E-state index contributed by atoms with van der Waals surface area (Å²) in [5, 5.41) is 4.26. The molecule has 1 aliphatic rings. The van der Waals surface area contributed by atoms with Crippen molar-refractivity contribution < 1.29 is 9.21 Å². The Morgan fingerprint density at radius 2 is 1.69 bits per heavy atom. The summed E-state index contributed by atoms with van der Waals surface area (Å²) < 4.78 is 5.48. The van der Waals surface area contributed by atoms with E-state index in [-0.39, 0.29) is 5.91 Å². The van der Waals surface area contributed by atoms with Crippen LogP contribution in [0, 0.1) is 6.92 Å². The molecule has 5 nitrogen and oxygen atoms in total. The predicted octanol–water partition coefficient (Wildman–Crippen LogP) is 5.41. The van der Waals surface area contributed by atoms with Crippen LogP contribution < -0.4 is 10.2 Å². The highest BCUT2D eigenvalue weighted by Gasteiger charge is 2.19. The van der Waals surface area contributed by atoms with Crippen molar-refractivity contribution in [2.75, 3.05) is 43.4 Å². The van der Waals surface area contributed by atoms with Gasteiger partial charge in [0.25, 0.3) is 5.91 Å². The van der Waals surface area contributed by atoms with Crippen molar-refractivity contribution in [3.63, 3.8) is 0 Å². The van der Waals surface area contributed by atoms with Crippen molar-refractivity contribution in [3.05, 3.63) is 84.1 Å². The number of aryl methyl sites for hydroxylation is 1. The lowest BCUT2D eigenvalue weighted by atomic mass is 10.0. The molecule has 0 atom stereocenters. The number of furan rings is 1. The standard InChI is InChI=1S/C27H27N3O2/c1-19-4-3-5-23(16-19)27(31)28-24-18-21(20-7-9-26-22(17-20)10-15-32-26)6-8-25(24)30-13-11-29(2)12-14-30/h3-10,15-18H,11-14H2,1-2H3,(H,28,31). The number of rotatable bonds is 4. The van der Waals surface area contributed by atoms with Gasteiger partial charge in [-0.15, -0.1) is 0 Å². The summed E-state index contributed by atoms with van der Waals surface area (Å²) in [7, 11) is 2.15. The minimum absolute atomic E-state index is 0.0912. The van der Waals surface area contributed by atoms with Crippen LogP contribution in [-0.2, 0) is 0 Å². The maximum atomic E-state index is 13.1. The molecule has 0 aliphatic carbocycles. The molecule has 1 amide bonds. The number of anilines is 2. The van der Waals surface area contributed by atoms with Crippen LogP contribution in [0.1, 0.15) is 15.9 Å². The van der Waals surface area contributed by atoms with E-state index in [2.05, 4.69) is 52.5 Å². The summed E-state index contributed by atoms with van der Waals surface area (Å²) in [6, 6.07) is 22.2. The van der Waals surface area contributed by atoms with Crippen LogP contribution in [0.2, 0.25) is 0 Å².